The molecule has 0 atom stereocenters. The Morgan fingerprint density at radius 2 is 1.44 bits per heavy atom. The van der Waals surface area contributed by atoms with Gasteiger partial charge in [0, 0.05) is 5.02 Å². The number of amides is 2. The number of halogens is 1. The Morgan fingerprint density at radius 1 is 0.926 bits per heavy atom. The van der Waals surface area contributed by atoms with Gasteiger partial charge in [-0.05, 0) is 55.7 Å². The average Bonchev–Trinajstić information content (AvgIpc) is 3.44. The first-order valence-corrected chi connectivity index (χ1v) is 8.88. The molecule has 142 valence electrons. The average molecular weight is 389 g/mol. The summed E-state index contributed by atoms with van der Waals surface area (Å²) >= 11 is 6.01. The molecule has 1 saturated carbocycles. The van der Waals surface area contributed by atoms with Crippen LogP contribution in [0.5, 0.6) is 11.5 Å². The van der Waals surface area contributed by atoms with Crippen LogP contribution in [0.4, 0.5) is 11.4 Å². The van der Waals surface area contributed by atoms with Crippen molar-refractivity contribution in [3.8, 4) is 11.5 Å². The molecule has 2 N–H and O–H groups in total. The number of carbonyl (C=O) groups excluding carboxylic acids is 2. The molecular formula is C20H21ClN2O4. The first-order valence-electron chi connectivity index (χ1n) is 8.51. The smallest absolute Gasteiger partial charge is 0.240 e. The van der Waals surface area contributed by atoms with Crippen LogP contribution < -0.4 is 20.1 Å². The summed E-state index contributed by atoms with van der Waals surface area (Å²) in [5, 5.41) is 6.06. The van der Waals surface area contributed by atoms with Crippen LogP contribution in [0.15, 0.2) is 36.4 Å². The normalized spacial score (nSPS) is 14.2. The number of anilines is 2. The molecule has 2 aromatic carbocycles. The standard InChI is InChI=1S/C20H21ClN2O4/c1-12-4-6-16(26-2)14(10-12)22-18(24)20(8-9-20)19(25)23-15-11-13(21)5-7-17(15)27-3/h4-7,10-11H,8-9H2,1-3H3,(H,22,24)(H,23,25). The quantitative estimate of drug-likeness (QED) is 0.732. The number of nitrogens with one attached hydrogen (secondary N) is 2. The van der Waals surface area contributed by atoms with E-state index in [0.29, 0.717) is 40.7 Å². The summed E-state index contributed by atoms with van der Waals surface area (Å²) in [5.41, 5.74) is 0.843. The molecule has 7 heteroatoms. The number of methoxy groups -OCH3 is 2. The van der Waals surface area contributed by atoms with E-state index >= 15 is 0 Å². The van der Waals surface area contributed by atoms with Gasteiger partial charge in [-0.3, -0.25) is 9.59 Å². The van der Waals surface area contributed by atoms with Crippen LogP contribution >= 0.6 is 11.6 Å². The number of ether oxygens (including phenoxy) is 2. The highest BCUT2D eigenvalue weighted by molar-refractivity contribution is 6.31. The van der Waals surface area contributed by atoms with Gasteiger partial charge in [-0.25, -0.2) is 0 Å². The second-order valence-corrected chi connectivity index (χ2v) is 6.98. The van der Waals surface area contributed by atoms with Crippen molar-refractivity contribution in [2.45, 2.75) is 19.8 Å². The second-order valence-electron chi connectivity index (χ2n) is 6.54. The molecule has 2 aromatic rings. The Morgan fingerprint density at radius 3 is 1.96 bits per heavy atom. The summed E-state index contributed by atoms with van der Waals surface area (Å²) in [4.78, 5) is 25.7. The first-order chi connectivity index (χ1) is 12.9. The highest BCUT2D eigenvalue weighted by atomic mass is 35.5. The van der Waals surface area contributed by atoms with E-state index in [2.05, 4.69) is 10.6 Å². The summed E-state index contributed by atoms with van der Waals surface area (Å²) in [6.07, 6.45) is 0.948. The van der Waals surface area contributed by atoms with Gasteiger partial charge in [0.25, 0.3) is 0 Å². The molecule has 0 bridgehead atoms. The molecule has 0 spiro atoms. The van der Waals surface area contributed by atoms with E-state index in [4.69, 9.17) is 21.1 Å². The van der Waals surface area contributed by atoms with Crippen molar-refractivity contribution < 1.29 is 19.1 Å². The number of hydrogen-bond donors (Lipinski definition) is 2. The van der Waals surface area contributed by atoms with Crippen molar-refractivity contribution in [2.24, 2.45) is 5.41 Å². The molecule has 2 amide bonds. The molecule has 1 aliphatic rings. The van der Waals surface area contributed by atoms with Gasteiger partial charge < -0.3 is 20.1 Å². The Labute approximate surface area is 162 Å². The monoisotopic (exact) mass is 388 g/mol. The van der Waals surface area contributed by atoms with E-state index < -0.39 is 5.41 Å². The molecule has 0 unspecified atom stereocenters. The van der Waals surface area contributed by atoms with Gasteiger partial charge in [0.1, 0.15) is 16.9 Å². The predicted octanol–water partition coefficient (Wildman–Crippen LogP) is 4.02. The topological polar surface area (TPSA) is 76.7 Å². The maximum Gasteiger partial charge on any atom is 0.240 e. The van der Waals surface area contributed by atoms with Crippen molar-refractivity contribution >= 4 is 34.8 Å². The lowest BCUT2D eigenvalue weighted by Gasteiger charge is -2.18. The summed E-state index contributed by atoms with van der Waals surface area (Å²) in [6.45, 7) is 1.92. The SMILES string of the molecule is COc1ccc(C)cc1NC(=O)C1(C(=O)Nc2cc(Cl)ccc2OC)CC1. The fourth-order valence-corrected chi connectivity index (χ4v) is 3.04. The number of carbonyl (C=O) groups is 2. The van der Waals surface area contributed by atoms with Crippen LogP contribution in [0.2, 0.25) is 5.02 Å². The summed E-state index contributed by atoms with van der Waals surface area (Å²) in [6, 6.07) is 10.4. The zero-order valence-electron chi connectivity index (χ0n) is 15.4. The van der Waals surface area contributed by atoms with E-state index in [1.807, 2.05) is 19.1 Å². The molecule has 1 aliphatic carbocycles. The van der Waals surface area contributed by atoms with Crippen LogP contribution in [0.3, 0.4) is 0 Å². The van der Waals surface area contributed by atoms with Crippen molar-refractivity contribution in [2.75, 3.05) is 24.9 Å². The van der Waals surface area contributed by atoms with Gasteiger partial charge in [0.05, 0.1) is 25.6 Å². The Hall–Kier alpha value is -2.73. The van der Waals surface area contributed by atoms with Crippen LogP contribution in [-0.4, -0.2) is 26.0 Å². The van der Waals surface area contributed by atoms with E-state index in [9.17, 15) is 9.59 Å². The summed E-state index contributed by atoms with van der Waals surface area (Å²) < 4.78 is 10.5. The van der Waals surface area contributed by atoms with Gasteiger partial charge in [-0.2, -0.15) is 0 Å². The molecule has 6 nitrogen and oxygen atoms in total. The Bertz CT molecular complexity index is 824. The molecule has 0 radical (unpaired) electrons. The maximum absolute atomic E-state index is 12.8. The summed E-state index contributed by atoms with van der Waals surface area (Å²) in [7, 11) is 3.04. The molecular weight excluding hydrogens is 368 g/mol. The van der Waals surface area contributed by atoms with E-state index in [-0.39, 0.29) is 11.8 Å². The molecule has 0 saturated heterocycles. The van der Waals surface area contributed by atoms with Crippen molar-refractivity contribution in [1.82, 2.24) is 0 Å². The largest absolute Gasteiger partial charge is 0.495 e. The highest BCUT2D eigenvalue weighted by Gasteiger charge is 2.56. The lowest BCUT2D eigenvalue weighted by atomic mass is 10.0. The van der Waals surface area contributed by atoms with Gasteiger partial charge >= 0.3 is 0 Å². The van der Waals surface area contributed by atoms with Crippen molar-refractivity contribution in [3.05, 3.63) is 47.0 Å². The fraction of sp³-hybridized carbons (Fsp3) is 0.300. The molecule has 3 rings (SSSR count). The zero-order chi connectivity index (χ0) is 19.6. The molecule has 1 fully saturated rings. The molecule has 0 aliphatic heterocycles. The lowest BCUT2D eigenvalue weighted by molar-refractivity contribution is -0.131. The second kappa shape index (κ2) is 7.48. The number of aryl methyl sites for hydroxylation is 1. The minimum Gasteiger partial charge on any atom is -0.495 e. The number of rotatable bonds is 6. The van der Waals surface area contributed by atoms with Crippen LogP contribution in [0.1, 0.15) is 18.4 Å². The lowest BCUT2D eigenvalue weighted by Crippen LogP contribution is -2.35. The van der Waals surface area contributed by atoms with Gasteiger partial charge in [0.15, 0.2) is 0 Å². The Balaban J connectivity index is 1.79. The van der Waals surface area contributed by atoms with E-state index in [0.717, 1.165) is 5.56 Å². The minimum absolute atomic E-state index is 0.357. The van der Waals surface area contributed by atoms with Gasteiger partial charge in [-0.15, -0.1) is 0 Å². The molecule has 0 heterocycles. The van der Waals surface area contributed by atoms with Gasteiger partial charge in [0.2, 0.25) is 11.8 Å². The number of benzene rings is 2. The Kier molecular flexibility index (Phi) is 5.28. The third-order valence-corrected chi connectivity index (χ3v) is 4.87. The van der Waals surface area contributed by atoms with E-state index in [1.54, 1.807) is 24.3 Å². The molecule has 0 aromatic heterocycles. The number of hydrogen-bond acceptors (Lipinski definition) is 4. The van der Waals surface area contributed by atoms with Gasteiger partial charge in [-0.1, -0.05) is 17.7 Å². The van der Waals surface area contributed by atoms with Crippen molar-refractivity contribution in [3.63, 3.8) is 0 Å². The predicted molar refractivity (Wildman–Crippen MR) is 105 cm³/mol. The zero-order valence-corrected chi connectivity index (χ0v) is 16.1. The van der Waals surface area contributed by atoms with E-state index in [1.165, 1.54) is 14.2 Å². The first kappa shape index (κ1) is 19.0. The minimum atomic E-state index is -1.11. The third-order valence-electron chi connectivity index (χ3n) is 4.63. The van der Waals surface area contributed by atoms with Crippen LogP contribution in [0.25, 0.3) is 0 Å². The maximum atomic E-state index is 12.8. The van der Waals surface area contributed by atoms with Crippen molar-refractivity contribution in [1.29, 1.82) is 0 Å². The van der Waals surface area contributed by atoms with Crippen LogP contribution in [-0.2, 0) is 9.59 Å². The molecule has 27 heavy (non-hydrogen) atoms. The third kappa shape index (κ3) is 3.85. The summed E-state index contributed by atoms with van der Waals surface area (Å²) in [5.74, 6) is 0.281. The fourth-order valence-electron chi connectivity index (χ4n) is 2.86. The van der Waals surface area contributed by atoms with Crippen LogP contribution in [0, 0.1) is 12.3 Å². The highest BCUT2D eigenvalue weighted by Crippen LogP contribution is 2.48.